The van der Waals surface area contributed by atoms with Crippen molar-refractivity contribution in [3.05, 3.63) is 78.4 Å². The van der Waals surface area contributed by atoms with Gasteiger partial charge in [-0.2, -0.15) is 4.40 Å². The van der Waals surface area contributed by atoms with Crippen molar-refractivity contribution in [3.8, 4) is 5.75 Å². The Hall–Kier alpha value is -2.18. The molecule has 0 aliphatic carbocycles. The van der Waals surface area contributed by atoms with E-state index in [-0.39, 0.29) is 0 Å². The quantitative estimate of drug-likeness (QED) is 0.247. The lowest BCUT2D eigenvalue weighted by Gasteiger charge is -2.09. The maximum Gasteiger partial charge on any atom is 0.263 e. The first-order valence-electron chi connectivity index (χ1n) is 7.34. The van der Waals surface area contributed by atoms with Gasteiger partial charge in [0.2, 0.25) is 0 Å². The summed E-state index contributed by atoms with van der Waals surface area (Å²) in [5.41, 5.74) is 2.64. The summed E-state index contributed by atoms with van der Waals surface area (Å²) in [7, 11) is 0. The molecule has 4 nitrogen and oxygen atoms in total. The number of nitrogens with zero attached hydrogens (tertiary/aromatic N) is 2. The molecule has 1 aliphatic heterocycles. The standard InChI is InChI=1S/C18H16N2O2S2/c1-2-11-21-19-17(14-7-4-3-5-8-14)15-9-6-10-16(12-15)22-18-20-24-13-23-18/h2-10,12H,1,11,13H2/b19-17-. The molecular weight excluding hydrogens is 340 g/mol. The average molecular weight is 356 g/mol. The van der Waals surface area contributed by atoms with Crippen LogP contribution in [0.5, 0.6) is 5.75 Å². The molecule has 0 unspecified atom stereocenters. The molecule has 1 aliphatic rings. The molecule has 0 atom stereocenters. The number of oxime groups is 1. The summed E-state index contributed by atoms with van der Waals surface area (Å²) >= 11 is 3.08. The van der Waals surface area contributed by atoms with Crippen molar-refractivity contribution in [2.75, 3.05) is 11.7 Å². The Kier molecular flexibility index (Phi) is 5.98. The molecule has 122 valence electrons. The van der Waals surface area contributed by atoms with E-state index in [0.717, 1.165) is 27.7 Å². The van der Waals surface area contributed by atoms with Gasteiger partial charge in [-0.3, -0.25) is 0 Å². The number of hydrogen-bond donors (Lipinski definition) is 0. The second-order valence-electron chi connectivity index (χ2n) is 4.77. The molecule has 2 aromatic rings. The van der Waals surface area contributed by atoms with Crippen LogP contribution in [0.1, 0.15) is 11.1 Å². The molecule has 0 spiro atoms. The van der Waals surface area contributed by atoms with E-state index >= 15 is 0 Å². The molecule has 0 saturated heterocycles. The lowest BCUT2D eigenvalue weighted by Crippen LogP contribution is -2.06. The Labute approximate surface area is 149 Å². The minimum Gasteiger partial charge on any atom is -0.433 e. The Morgan fingerprint density at radius 3 is 2.75 bits per heavy atom. The monoisotopic (exact) mass is 356 g/mol. The molecule has 1 heterocycles. The van der Waals surface area contributed by atoms with Gasteiger partial charge in [-0.05, 0) is 24.1 Å². The molecule has 0 amide bonds. The van der Waals surface area contributed by atoms with Crippen LogP contribution in [-0.4, -0.2) is 22.6 Å². The van der Waals surface area contributed by atoms with Gasteiger partial charge < -0.3 is 9.57 Å². The van der Waals surface area contributed by atoms with E-state index in [0.29, 0.717) is 11.8 Å². The zero-order valence-corrected chi connectivity index (χ0v) is 14.6. The van der Waals surface area contributed by atoms with Crippen LogP contribution in [0.2, 0.25) is 0 Å². The molecule has 0 N–H and O–H groups in total. The zero-order valence-electron chi connectivity index (χ0n) is 12.9. The SMILES string of the molecule is C=CCO/N=C(/c1ccccc1)c1cccc(OC2=NSCS2)c1. The van der Waals surface area contributed by atoms with Crippen LogP contribution in [0.15, 0.2) is 76.8 Å². The minimum atomic E-state index is 0.358. The predicted octanol–water partition coefficient (Wildman–Crippen LogP) is 4.73. The van der Waals surface area contributed by atoms with E-state index in [4.69, 9.17) is 9.57 Å². The summed E-state index contributed by atoms with van der Waals surface area (Å²) in [6.07, 6.45) is 1.67. The molecule has 24 heavy (non-hydrogen) atoms. The highest BCUT2D eigenvalue weighted by Crippen LogP contribution is 2.27. The smallest absolute Gasteiger partial charge is 0.263 e. The highest BCUT2D eigenvalue weighted by molar-refractivity contribution is 8.26. The number of thioether (sulfide) groups is 1. The molecule has 0 radical (unpaired) electrons. The van der Waals surface area contributed by atoms with Gasteiger partial charge in [0.05, 0.1) is 5.08 Å². The molecule has 3 rings (SSSR count). The fourth-order valence-electron chi connectivity index (χ4n) is 2.06. The fraction of sp³-hybridized carbons (Fsp3) is 0.111. The van der Waals surface area contributed by atoms with Gasteiger partial charge in [-0.1, -0.05) is 72.0 Å². The van der Waals surface area contributed by atoms with Crippen molar-refractivity contribution in [1.29, 1.82) is 0 Å². The summed E-state index contributed by atoms with van der Waals surface area (Å²) in [6.45, 7) is 4.00. The van der Waals surface area contributed by atoms with Crippen LogP contribution < -0.4 is 4.74 Å². The van der Waals surface area contributed by atoms with E-state index in [2.05, 4.69) is 16.1 Å². The van der Waals surface area contributed by atoms with Crippen molar-refractivity contribution in [3.63, 3.8) is 0 Å². The normalized spacial score (nSPS) is 14.2. The van der Waals surface area contributed by atoms with Crippen LogP contribution >= 0.6 is 23.7 Å². The van der Waals surface area contributed by atoms with Gasteiger partial charge in [0.15, 0.2) is 0 Å². The predicted molar refractivity (Wildman–Crippen MR) is 103 cm³/mol. The van der Waals surface area contributed by atoms with Crippen LogP contribution in [0.4, 0.5) is 0 Å². The lowest BCUT2D eigenvalue weighted by atomic mass is 10.0. The number of hydrogen-bond acceptors (Lipinski definition) is 6. The van der Waals surface area contributed by atoms with Gasteiger partial charge in [0, 0.05) is 11.1 Å². The van der Waals surface area contributed by atoms with Crippen molar-refractivity contribution in [1.82, 2.24) is 0 Å². The Morgan fingerprint density at radius 1 is 1.17 bits per heavy atom. The largest absolute Gasteiger partial charge is 0.433 e. The number of rotatable bonds is 6. The van der Waals surface area contributed by atoms with E-state index in [1.165, 1.54) is 11.9 Å². The van der Waals surface area contributed by atoms with Gasteiger partial charge in [0.25, 0.3) is 5.23 Å². The Balaban J connectivity index is 1.89. The highest BCUT2D eigenvalue weighted by Gasteiger charge is 2.13. The average Bonchev–Trinajstić information content (AvgIpc) is 3.13. The van der Waals surface area contributed by atoms with E-state index in [1.807, 2.05) is 54.6 Å². The molecule has 6 heteroatoms. The molecular formula is C18H16N2O2S2. The first kappa shape index (κ1) is 16.7. The first-order valence-corrected chi connectivity index (χ1v) is 9.27. The molecule has 0 bridgehead atoms. The number of benzene rings is 2. The summed E-state index contributed by atoms with van der Waals surface area (Å²) in [6, 6.07) is 17.7. The fourth-order valence-corrected chi connectivity index (χ4v) is 3.55. The van der Waals surface area contributed by atoms with Crippen molar-refractivity contribution < 1.29 is 9.57 Å². The van der Waals surface area contributed by atoms with Crippen molar-refractivity contribution in [2.24, 2.45) is 9.55 Å². The van der Waals surface area contributed by atoms with E-state index in [1.54, 1.807) is 17.8 Å². The highest BCUT2D eigenvalue weighted by atomic mass is 32.2. The van der Waals surface area contributed by atoms with Crippen LogP contribution in [0, 0.1) is 0 Å². The Bertz CT molecular complexity index is 761. The summed E-state index contributed by atoms with van der Waals surface area (Å²) in [5, 5.41) is 5.85. The summed E-state index contributed by atoms with van der Waals surface area (Å²) < 4.78 is 10.0. The minimum absolute atomic E-state index is 0.358. The van der Waals surface area contributed by atoms with Crippen LogP contribution in [0.3, 0.4) is 0 Å². The van der Waals surface area contributed by atoms with Crippen molar-refractivity contribution in [2.45, 2.75) is 0 Å². The number of ether oxygens (including phenoxy) is 1. The lowest BCUT2D eigenvalue weighted by molar-refractivity contribution is 0.175. The van der Waals surface area contributed by atoms with Gasteiger partial charge in [-0.15, -0.1) is 0 Å². The third-order valence-electron chi connectivity index (χ3n) is 3.08. The third kappa shape index (κ3) is 4.43. The second kappa shape index (κ2) is 8.61. The molecule has 2 aromatic carbocycles. The van der Waals surface area contributed by atoms with Crippen molar-refractivity contribution >= 4 is 34.7 Å². The van der Waals surface area contributed by atoms with Gasteiger partial charge in [-0.25, -0.2) is 0 Å². The maximum atomic E-state index is 5.81. The van der Waals surface area contributed by atoms with Gasteiger partial charge in [0.1, 0.15) is 18.1 Å². The van der Waals surface area contributed by atoms with Crippen LogP contribution in [0.25, 0.3) is 0 Å². The topological polar surface area (TPSA) is 43.2 Å². The second-order valence-corrected chi connectivity index (χ2v) is 6.79. The molecule has 0 saturated carbocycles. The zero-order chi connectivity index (χ0) is 16.6. The molecule has 0 fully saturated rings. The van der Waals surface area contributed by atoms with E-state index in [9.17, 15) is 0 Å². The summed E-state index contributed by atoms with van der Waals surface area (Å²) in [4.78, 5) is 5.32. The van der Waals surface area contributed by atoms with Crippen LogP contribution in [-0.2, 0) is 4.84 Å². The summed E-state index contributed by atoms with van der Waals surface area (Å²) in [5.74, 6) is 0.730. The third-order valence-corrected chi connectivity index (χ3v) is 4.81. The van der Waals surface area contributed by atoms with Gasteiger partial charge >= 0.3 is 0 Å². The molecule has 0 aromatic heterocycles. The van der Waals surface area contributed by atoms with E-state index < -0.39 is 0 Å². The Morgan fingerprint density at radius 2 is 2.00 bits per heavy atom. The maximum absolute atomic E-state index is 5.81. The first-order chi connectivity index (χ1) is 11.9.